The number of ether oxygens (including phenoxy) is 3. The normalized spacial score (nSPS) is 32.9. The number of aliphatic hydroxyl groups excluding tert-OH is 4. The van der Waals surface area contributed by atoms with Crippen LogP contribution in [0.4, 0.5) is 0 Å². The van der Waals surface area contributed by atoms with E-state index >= 15 is 0 Å². The molecule has 3 aliphatic rings. The maximum atomic E-state index is 10.6. The van der Waals surface area contributed by atoms with Crippen molar-refractivity contribution >= 4 is 0 Å². The van der Waals surface area contributed by atoms with Crippen LogP contribution >= 0.6 is 0 Å². The van der Waals surface area contributed by atoms with Crippen LogP contribution in [0.15, 0.2) is 65.8 Å². The minimum absolute atomic E-state index is 0.179. The first-order valence-electron chi connectivity index (χ1n) is 13.3. The van der Waals surface area contributed by atoms with Gasteiger partial charge in [-0.25, -0.2) is 0 Å². The summed E-state index contributed by atoms with van der Waals surface area (Å²) in [5, 5.41) is 40.4. The van der Waals surface area contributed by atoms with Crippen LogP contribution in [0.1, 0.15) is 42.5 Å². The van der Waals surface area contributed by atoms with E-state index in [1.165, 1.54) is 22.3 Å². The number of benzene rings is 2. The number of fused-ring (bicyclic) bond motifs is 1. The van der Waals surface area contributed by atoms with Crippen molar-refractivity contribution in [2.75, 3.05) is 13.2 Å². The Balaban J connectivity index is 1.21. The van der Waals surface area contributed by atoms with Gasteiger partial charge >= 0.3 is 0 Å². The van der Waals surface area contributed by atoms with Gasteiger partial charge in [-0.15, -0.1) is 0 Å². The van der Waals surface area contributed by atoms with Gasteiger partial charge in [0.1, 0.15) is 42.4 Å². The molecule has 0 saturated carbocycles. The average molecular weight is 523 g/mol. The van der Waals surface area contributed by atoms with Crippen LogP contribution in [-0.4, -0.2) is 64.2 Å². The lowest BCUT2D eigenvalue weighted by molar-refractivity contribution is -0.237. The standard InChI is InChI=1S/C31H38O7/c1-18-4-8-22-16-37-31(3,25(22)12-18)17-36-24-10-6-20(7-11-24)13-23-14-21(9-5-19(23)2)30-29(35)28(34)27(33)26(15-32)38-30/h4-12,21,26-30,32-35H,13-17H2,1-3H3/t21?,26-,27-,28+,29-,30+,31?/m1/s1. The SMILES string of the molecule is CC1=C(Cc2ccc(OCC3(C)OCc4ccc(C)cc43)cc2)CC([C@@H]2O[C@H](CO)[C@@H](O)[C@H](O)[C@H]2O)C=C1. The molecule has 1 fully saturated rings. The summed E-state index contributed by atoms with van der Waals surface area (Å²) in [4.78, 5) is 0. The molecule has 0 bridgehead atoms. The number of aliphatic hydroxyl groups is 4. The Morgan fingerprint density at radius 1 is 1.00 bits per heavy atom. The topological polar surface area (TPSA) is 109 Å². The molecule has 2 aliphatic heterocycles. The van der Waals surface area contributed by atoms with Gasteiger partial charge in [-0.2, -0.15) is 0 Å². The first kappa shape index (κ1) is 27.1. The molecule has 1 aliphatic carbocycles. The molecular formula is C31H38O7. The molecule has 7 nitrogen and oxygen atoms in total. The molecule has 0 amide bonds. The van der Waals surface area contributed by atoms with E-state index in [4.69, 9.17) is 14.2 Å². The first-order valence-corrected chi connectivity index (χ1v) is 13.3. The van der Waals surface area contributed by atoms with E-state index in [0.717, 1.165) is 23.3 Å². The van der Waals surface area contributed by atoms with Crippen molar-refractivity contribution in [3.8, 4) is 5.75 Å². The Labute approximate surface area is 224 Å². The highest BCUT2D eigenvalue weighted by Gasteiger charge is 2.46. The van der Waals surface area contributed by atoms with Gasteiger partial charge in [0, 0.05) is 5.92 Å². The molecule has 2 aromatic carbocycles. The van der Waals surface area contributed by atoms with Crippen molar-refractivity contribution in [1.29, 1.82) is 0 Å². The number of rotatable bonds is 7. The quantitative estimate of drug-likeness (QED) is 0.443. The van der Waals surface area contributed by atoms with Gasteiger partial charge in [0.15, 0.2) is 0 Å². The fourth-order valence-corrected chi connectivity index (χ4v) is 5.73. The van der Waals surface area contributed by atoms with Crippen LogP contribution < -0.4 is 4.74 Å². The average Bonchev–Trinajstić information content (AvgIpc) is 3.24. The number of aryl methyl sites for hydroxylation is 1. The largest absolute Gasteiger partial charge is 0.490 e. The van der Waals surface area contributed by atoms with E-state index in [1.807, 2.05) is 24.3 Å². The second kappa shape index (κ2) is 10.9. The summed E-state index contributed by atoms with van der Waals surface area (Å²) in [6, 6.07) is 14.5. The molecule has 1 saturated heterocycles. The molecule has 2 unspecified atom stereocenters. The van der Waals surface area contributed by atoms with Crippen molar-refractivity contribution in [3.63, 3.8) is 0 Å². The summed E-state index contributed by atoms with van der Waals surface area (Å²) in [6.45, 7) is 6.83. The van der Waals surface area contributed by atoms with Crippen molar-refractivity contribution in [3.05, 3.63) is 88.0 Å². The third-order valence-electron chi connectivity index (χ3n) is 8.22. The second-order valence-electron chi connectivity index (χ2n) is 11.1. The van der Waals surface area contributed by atoms with Gasteiger partial charge in [0.2, 0.25) is 0 Å². The molecule has 7 atom stereocenters. The number of hydrogen-bond donors (Lipinski definition) is 4. The molecule has 38 heavy (non-hydrogen) atoms. The van der Waals surface area contributed by atoms with E-state index in [0.29, 0.717) is 19.6 Å². The van der Waals surface area contributed by atoms with Crippen molar-refractivity contribution in [1.82, 2.24) is 0 Å². The van der Waals surface area contributed by atoms with Gasteiger partial charge < -0.3 is 34.6 Å². The Morgan fingerprint density at radius 3 is 2.50 bits per heavy atom. The summed E-state index contributed by atoms with van der Waals surface area (Å²) < 4.78 is 18.1. The van der Waals surface area contributed by atoms with Gasteiger partial charge in [-0.05, 0) is 62.4 Å². The second-order valence-corrected chi connectivity index (χ2v) is 11.1. The van der Waals surface area contributed by atoms with Crippen LogP contribution in [0.2, 0.25) is 0 Å². The lowest BCUT2D eigenvalue weighted by Crippen LogP contribution is -2.60. The number of allylic oxidation sites excluding steroid dienone is 3. The fourth-order valence-electron chi connectivity index (χ4n) is 5.73. The number of hydrogen-bond acceptors (Lipinski definition) is 7. The minimum atomic E-state index is -1.36. The maximum Gasteiger partial charge on any atom is 0.125 e. The van der Waals surface area contributed by atoms with Crippen molar-refractivity contribution in [2.45, 2.75) is 76.3 Å². The highest BCUT2D eigenvalue weighted by molar-refractivity contribution is 5.39. The molecule has 4 N–H and O–H groups in total. The summed E-state index contributed by atoms with van der Waals surface area (Å²) >= 11 is 0. The van der Waals surface area contributed by atoms with Gasteiger partial charge in [0.25, 0.3) is 0 Å². The Hall–Kier alpha value is -2.52. The molecule has 2 heterocycles. The van der Waals surface area contributed by atoms with Crippen LogP contribution in [0.5, 0.6) is 5.75 Å². The predicted octanol–water partition coefficient (Wildman–Crippen LogP) is 3.10. The molecule has 0 radical (unpaired) electrons. The van der Waals surface area contributed by atoms with Crippen LogP contribution in [-0.2, 0) is 28.1 Å². The van der Waals surface area contributed by atoms with E-state index in [2.05, 4.69) is 51.1 Å². The van der Waals surface area contributed by atoms with Crippen molar-refractivity contribution < 1.29 is 34.6 Å². The minimum Gasteiger partial charge on any atom is -0.490 e. The molecule has 204 valence electrons. The van der Waals surface area contributed by atoms with Crippen LogP contribution in [0, 0.1) is 12.8 Å². The third-order valence-corrected chi connectivity index (χ3v) is 8.22. The molecule has 0 aromatic heterocycles. The molecule has 7 heteroatoms. The zero-order chi connectivity index (χ0) is 27.0. The summed E-state index contributed by atoms with van der Waals surface area (Å²) in [6.07, 6.45) is -0.180. The monoisotopic (exact) mass is 522 g/mol. The first-order chi connectivity index (χ1) is 18.2. The Morgan fingerprint density at radius 2 is 1.76 bits per heavy atom. The summed E-state index contributed by atoms with van der Waals surface area (Å²) in [5.41, 5.74) is 6.64. The maximum absolute atomic E-state index is 10.6. The lowest BCUT2D eigenvalue weighted by atomic mass is 9.79. The highest BCUT2D eigenvalue weighted by atomic mass is 16.6. The zero-order valence-corrected chi connectivity index (χ0v) is 22.2. The van der Waals surface area contributed by atoms with E-state index in [9.17, 15) is 20.4 Å². The molecule has 2 aromatic rings. The molecule has 5 rings (SSSR count). The van der Waals surface area contributed by atoms with Crippen LogP contribution in [0.25, 0.3) is 0 Å². The molecule has 0 spiro atoms. The van der Waals surface area contributed by atoms with E-state index in [1.54, 1.807) is 0 Å². The third kappa shape index (κ3) is 5.32. The van der Waals surface area contributed by atoms with Gasteiger partial charge in [-0.3, -0.25) is 0 Å². The van der Waals surface area contributed by atoms with Gasteiger partial charge in [0.05, 0.1) is 19.3 Å². The summed E-state index contributed by atoms with van der Waals surface area (Å²) in [5.74, 6) is 0.606. The summed E-state index contributed by atoms with van der Waals surface area (Å²) in [7, 11) is 0. The van der Waals surface area contributed by atoms with E-state index in [-0.39, 0.29) is 5.92 Å². The van der Waals surface area contributed by atoms with Crippen molar-refractivity contribution in [2.24, 2.45) is 5.92 Å². The van der Waals surface area contributed by atoms with Crippen LogP contribution in [0.3, 0.4) is 0 Å². The Kier molecular flexibility index (Phi) is 7.78. The Bertz CT molecular complexity index is 1200. The lowest BCUT2D eigenvalue weighted by Gasteiger charge is -2.43. The van der Waals surface area contributed by atoms with E-state index < -0.39 is 42.7 Å². The highest BCUT2D eigenvalue weighted by Crippen LogP contribution is 2.38. The zero-order valence-electron chi connectivity index (χ0n) is 22.2. The molecular weight excluding hydrogens is 484 g/mol. The predicted molar refractivity (Wildman–Crippen MR) is 143 cm³/mol. The fraction of sp³-hybridized carbons (Fsp3) is 0.484. The smallest absolute Gasteiger partial charge is 0.125 e. The van der Waals surface area contributed by atoms with Gasteiger partial charge in [-0.1, -0.05) is 59.2 Å².